The van der Waals surface area contributed by atoms with E-state index in [9.17, 15) is 0 Å². The maximum absolute atomic E-state index is 5.03. The monoisotopic (exact) mass is 211 g/mol. The lowest BCUT2D eigenvalue weighted by atomic mass is 9.90. The van der Waals surface area contributed by atoms with Crippen molar-refractivity contribution in [1.29, 1.82) is 0 Å². The predicted molar refractivity (Wildman–Crippen MR) is 70.7 cm³/mol. The van der Waals surface area contributed by atoms with Gasteiger partial charge in [0.25, 0.3) is 0 Å². The van der Waals surface area contributed by atoms with Gasteiger partial charge < -0.3 is 0 Å². The van der Waals surface area contributed by atoms with E-state index in [0.717, 1.165) is 6.42 Å². The van der Waals surface area contributed by atoms with Crippen molar-refractivity contribution in [2.24, 2.45) is 16.8 Å². The topological polar surface area (TPSA) is 12.4 Å². The fourth-order valence-electron chi connectivity index (χ4n) is 2.09. The second-order valence-corrected chi connectivity index (χ2v) is 5.45. The van der Waals surface area contributed by atoms with E-state index in [-0.39, 0.29) is 5.54 Å². The van der Waals surface area contributed by atoms with E-state index >= 15 is 0 Å². The molecule has 0 saturated heterocycles. The molecule has 0 saturated carbocycles. The molecule has 1 heteroatoms. The van der Waals surface area contributed by atoms with Gasteiger partial charge in [-0.1, -0.05) is 48.0 Å². The zero-order valence-corrected chi connectivity index (χ0v) is 11.7. The van der Waals surface area contributed by atoms with E-state index in [1.807, 2.05) is 0 Å². The van der Waals surface area contributed by atoms with Crippen LogP contribution in [0.1, 0.15) is 67.7 Å². The van der Waals surface area contributed by atoms with E-state index in [1.54, 1.807) is 0 Å². The minimum absolute atomic E-state index is 0.165. The summed E-state index contributed by atoms with van der Waals surface area (Å²) in [5, 5.41) is 0. The molecule has 0 aliphatic heterocycles. The molecule has 0 radical (unpaired) electrons. The molecule has 1 atom stereocenters. The van der Waals surface area contributed by atoms with Gasteiger partial charge in [-0.25, -0.2) is 0 Å². The first kappa shape index (κ1) is 14.7. The SMILES string of the molecule is CCCC(C)(CC)N=C(C(C)C)C(C)C. The maximum atomic E-state index is 5.03. The van der Waals surface area contributed by atoms with Crippen LogP contribution in [0.2, 0.25) is 0 Å². The average Bonchev–Trinajstić information content (AvgIpc) is 2.14. The highest BCUT2D eigenvalue weighted by molar-refractivity contribution is 5.88. The minimum atomic E-state index is 0.165. The Bertz CT molecular complexity index is 193. The van der Waals surface area contributed by atoms with Crippen molar-refractivity contribution >= 4 is 5.71 Å². The van der Waals surface area contributed by atoms with Crippen molar-refractivity contribution in [2.45, 2.75) is 73.3 Å². The molecule has 0 spiro atoms. The van der Waals surface area contributed by atoms with Crippen LogP contribution >= 0.6 is 0 Å². The van der Waals surface area contributed by atoms with E-state index in [0.29, 0.717) is 11.8 Å². The molecular formula is C14H29N. The van der Waals surface area contributed by atoms with Crippen LogP contribution in [0, 0.1) is 11.8 Å². The van der Waals surface area contributed by atoms with Gasteiger partial charge in [-0.2, -0.15) is 0 Å². The van der Waals surface area contributed by atoms with Crippen molar-refractivity contribution < 1.29 is 0 Å². The van der Waals surface area contributed by atoms with Gasteiger partial charge in [-0.15, -0.1) is 0 Å². The van der Waals surface area contributed by atoms with Crippen LogP contribution in [0.3, 0.4) is 0 Å². The summed E-state index contributed by atoms with van der Waals surface area (Å²) in [4.78, 5) is 5.03. The molecule has 0 aromatic carbocycles. The van der Waals surface area contributed by atoms with Crippen molar-refractivity contribution in [2.75, 3.05) is 0 Å². The summed E-state index contributed by atoms with van der Waals surface area (Å²) in [5.41, 5.74) is 1.55. The van der Waals surface area contributed by atoms with E-state index in [4.69, 9.17) is 4.99 Å². The lowest BCUT2D eigenvalue weighted by Gasteiger charge is -2.27. The van der Waals surface area contributed by atoms with Crippen molar-refractivity contribution in [3.05, 3.63) is 0 Å². The first-order chi connectivity index (χ1) is 6.86. The van der Waals surface area contributed by atoms with Crippen LogP contribution in [0.25, 0.3) is 0 Å². The molecule has 0 N–H and O–H groups in total. The molecule has 0 aromatic rings. The number of aliphatic imine (C=N–C) groups is 1. The molecule has 0 bridgehead atoms. The van der Waals surface area contributed by atoms with Gasteiger partial charge in [0, 0.05) is 5.71 Å². The largest absolute Gasteiger partial charge is 0.287 e. The van der Waals surface area contributed by atoms with E-state index in [2.05, 4.69) is 48.5 Å². The van der Waals surface area contributed by atoms with Gasteiger partial charge in [-0.05, 0) is 31.6 Å². The van der Waals surface area contributed by atoms with Gasteiger partial charge in [0.05, 0.1) is 5.54 Å². The smallest absolute Gasteiger partial charge is 0.0577 e. The molecule has 1 nitrogen and oxygen atoms in total. The van der Waals surface area contributed by atoms with Crippen LogP contribution in [0.5, 0.6) is 0 Å². The molecule has 0 aliphatic rings. The number of nitrogens with zero attached hydrogens (tertiary/aromatic N) is 1. The second kappa shape index (κ2) is 6.30. The molecule has 0 aliphatic carbocycles. The maximum Gasteiger partial charge on any atom is 0.0577 e. The quantitative estimate of drug-likeness (QED) is 0.564. The molecule has 1 unspecified atom stereocenters. The third-order valence-corrected chi connectivity index (χ3v) is 3.13. The highest BCUT2D eigenvalue weighted by atomic mass is 14.9. The number of hydrogen-bond donors (Lipinski definition) is 0. The lowest BCUT2D eigenvalue weighted by Crippen LogP contribution is -2.26. The molecule has 0 aromatic heterocycles. The summed E-state index contributed by atoms with van der Waals surface area (Å²) in [6.45, 7) is 15.8. The summed E-state index contributed by atoms with van der Waals surface area (Å²) in [7, 11) is 0. The van der Waals surface area contributed by atoms with Gasteiger partial charge in [0.1, 0.15) is 0 Å². The highest BCUT2D eigenvalue weighted by Gasteiger charge is 2.22. The summed E-state index contributed by atoms with van der Waals surface area (Å²) >= 11 is 0. The Balaban J connectivity index is 4.90. The zero-order chi connectivity index (χ0) is 12.1. The highest BCUT2D eigenvalue weighted by Crippen LogP contribution is 2.24. The Hall–Kier alpha value is -0.330. The third kappa shape index (κ3) is 4.81. The third-order valence-electron chi connectivity index (χ3n) is 3.13. The normalized spacial score (nSPS) is 15.5. The molecule has 0 fully saturated rings. The number of hydrogen-bond acceptors (Lipinski definition) is 1. The molecule has 15 heavy (non-hydrogen) atoms. The van der Waals surface area contributed by atoms with Gasteiger partial charge in [0.15, 0.2) is 0 Å². The minimum Gasteiger partial charge on any atom is -0.287 e. The summed E-state index contributed by atoms with van der Waals surface area (Å²) in [6, 6.07) is 0. The summed E-state index contributed by atoms with van der Waals surface area (Å²) < 4.78 is 0. The Morgan fingerprint density at radius 2 is 1.53 bits per heavy atom. The van der Waals surface area contributed by atoms with Gasteiger partial charge in [-0.3, -0.25) is 4.99 Å². The van der Waals surface area contributed by atoms with Crippen LogP contribution in [0.4, 0.5) is 0 Å². The molecule has 0 heterocycles. The Kier molecular flexibility index (Phi) is 6.16. The number of rotatable bonds is 6. The average molecular weight is 211 g/mol. The Labute approximate surface area is 96.4 Å². The van der Waals surface area contributed by atoms with Crippen LogP contribution < -0.4 is 0 Å². The predicted octanol–water partition coefficient (Wildman–Crippen LogP) is 4.71. The van der Waals surface area contributed by atoms with E-state index in [1.165, 1.54) is 18.6 Å². The molecule has 0 amide bonds. The van der Waals surface area contributed by atoms with Crippen molar-refractivity contribution in [3.8, 4) is 0 Å². The molecule has 0 rings (SSSR count). The van der Waals surface area contributed by atoms with Gasteiger partial charge in [0.2, 0.25) is 0 Å². The Morgan fingerprint density at radius 3 is 1.80 bits per heavy atom. The fraction of sp³-hybridized carbons (Fsp3) is 0.929. The van der Waals surface area contributed by atoms with Crippen LogP contribution in [-0.2, 0) is 0 Å². The lowest BCUT2D eigenvalue weighted by molar-refractivity contribution is 0.412. The van der Waals surface area contributed by atoms with Crippen LogP contribution in [-0.4, -0.2) is 11.3 Å². The fourth-order valence-corrected chi connectivity index (χ4v) is 2.09. The first-order valence-electron chi connectivity index (χ1n) is 6.46. The van der Waals surface area contributed by atoms with Gasteiger partial charge >= 0.3 is 0 Å². The first-order valence-corrected chi connectivity index (χ1v) is 6.46. The standard InChI is InChI=1S/C14H29N/c1-8-10-14(7,9-2)15-13(11(3)4)12(5)6/h11-12H,8-10H2,1-7H3. The van der Waals surface area contributed by atoms with Crippen molar-refractivity contribution in [3.63, 3.8) is 0 Å². The Morgan fingerprint density at radius 1 is 1.07 bits per heavy atom. The molecular weight excluding hydrogens is 182 g/mol. The summed E-state index contributed by atoms with van der Waals surface area (Å²) in [6.07, 6.45) is 3.56. The van der Waals surface area contributed by atoms with Crippen LogP contribution in [0.15, 0.2) is 4.99 Å². The molecule has 90 valence electrons. The van der Waals surface area contributed by atoms with Crippen molar-refractivity contribution in [1.82, 2.24) is 0 Å². The summed E-state index contributed by atoms with van der Waals surface area (Å²) in [5.74, 6) is 1.15. The zero-order valence-electron chi connectivity index (χ0n) is 11.7. The van der Waals surface area contributed by atoms with E-state index < -0.39 is 0 Å². The second-order valence-electron chi connectivity index (χ2n) is 5.45.